The highest BCUT2D eigenvalue weighted by Gasteiger charge is 2.55. The van der Waals surface area contributed by atoms with Crippen molar-refractivity contribution in [3.63, 3.8) is 0 Å². The predicted molar refractivity (Wildman–Crippen MR) is 156 cm³/mol. The Bertz CT molecular complexity index is 1120. The summed E-state index contributed by atoms with van der Waals surface area (Å²) in [6.07, 6.45) is 5.99. The van der Waals surface area contributed by atoms with Gasteiger partial charge in [0.1, 0.15) is 5.60 Å². The largest absolute Gasteiger partial charge is 0.490 e. The monoisotopic (exact) mass is 609 g/mol. The van der Waals surface area contributed by atoms with E-state index in [1.807, 2.05) is 32.0 Å². The lowest BCUT2D eigenvalue weighted by molar-refractivity contribution is -0.192. The minimum absolute atomic E-state index is 0.0604. The van der Waals surface area contributed by atoms with E-state index in [2.05, 4.69) is 21.6 Å². The van der Waals surface area contributed by atoms with Gasteiger partial charge in [-0.15, -0.1) is 0 Å². The van der Waals surface area contributed by atoms with Crippen LogP contribution in [-0.4, -0.2) is 94.4 Å². The van der Waals surface area contributed by atoms with E-state index in [-0.39, 0.29) is 23.6 Å². The Hall–Kier alpha value is -2.82. The van der Waals surface area contributed by atoms with Crippen LogP contribution in [0.25, 0.3) is 0 Å². The van der Waals surface area contributed by atoms with Gasteiger partial charge in [0.05, 0.1) is 6.04 Å². The molecule has 1 aromatic rings. The number of halogens is 3. The number of rotatable bonds is 7. The number of aryl methyl sites for hydroxylation is 2. The molecule has 0 aromatic heterocycles. The second kappa shape index (κ2) is 13.9. The highest BCUT2D eigenvalue weighted by atomic mass is 19.4. The van der Waals surface area contributed by atoms with Crippen molar-refractivity contribution in [2.24, 2.45) is 5.92 Å². The number of carboxylic acids is 1. The smallest absolute Gasteiger partial charge is 0.475 e. The minimum atomic E-state index is -5.08. The first-order chi connectivity index (χ1) is 20.4. The third kappa shape index (κ3) is 7.64. The van der Waals surface area contributed by atoms with Gasteiger partial charge in [-0.05, 0) is 63.0 Å². The molecule has 0 radical (unpaired) electrons. The van der Waals surface area contributed by atoms with Gasteiger partial charge >= 0.3 is 18.2 Å². The van der Waals surface area contributed by atoms with Gasteiger partial charge in [-0.2, -0.15) is 13.2 Å². The molecule has 1 aliphatic carbocycles. The number of aliphatic carboxylic acids is 1. The second-order valence-corrected chi connectivity index (χ2v) is 12.7. The van der Waals surface area contributed by atoms with Crippen LogP contribution in [0.2, 0.25) is 0 Å². The summed E-state index contributed by atoms with van der Waals surface area (Å²) in [5, 5.41) is 7.12. The fourth-order valence-corrected chi connectivity index (χ4v) is 7.13. The van der Waals surface area contributed by atoms with Crippen molar-refractivity contribution in [2.45, 2.75) is 109 Å². The quantitative estimate of drug-likeness (QED) is 0.397. The molecule has 0 bridgehead atoms. The number of alkyl halides is 3. The number of nitrogens with zero attached hydrogens (tertiary/aromatic N) is 3. The first-order valence-corrected chi connectivity index (χ1v) is 15.8. The molecule has 1 saturated carbocycles. The summed E-state index contributed by atoms with van der Waals surface area (Å²) in [5.74, 6) is -1.90. The fourth-order valence-electron chi connectivity index (χ4n) is 7.13. The number of likely N-dealkylation sites (tertiary alicyclic amines) is 2. The molecule has 3 saturated heterocycles. The van der Waals surface area contributed by atoms with Gasteiger partial charge in [0, 0.05) is 57.2 Å². The molecule has 8 nitrogen and oxygen atoms in total. The number of ether oxygens (including phenoxy) is 1. The standard InChI is InChI=1S/C30H45N3O3.C2HF3O2/c1-4-5-12-26-30(36-29(35)33(26)21-24-10-7-11-24)15-19-31(20-16-30)25-13-17-32(18-14-25)28(34)27-22(2)8-6-9-23(27)3;3-2(4,5)1(6)7/h6,8-9,24-26H,4-5,7,10-21H2,1-3H3;(H,6,7). The molecule has 5 rings (SSSR count). The number of piperidine rings is 2. The summed E-state index contributed by atoms with van der Waals surface area (Å²) >= 11 is 0. The fraction of sp³-hybridized carbons (Fsp3) is 0.719. The van der Waals surface area contributed by atoms with Gasteiger partial charge in [0.15, 0.2) is 0 Å². The van der Waals surface area contributed by atoms with Crippen molar-refractivity contribution < 1.29 is 37.4 Å². The van der Waals surface area contributed by atoms with Crippen molar-refractivity contribution in [3.05, 3.63) is 34.9 Å². The van der Waals surface area contributed by atoms with Crippen LogP contribution in [-0.2, 0) is 9.53 Å². The maximum absolute atomic E-state index is 13.2. The van der Waals surface area contributed by atoms with E-state index in [9.17, 15) is 22.8 Å². The van der Waals surface area contributed by atoms with Crippen molar-refractivity contribution >= 4 is 18.0 Å². The molecule has 43 heavy (non-hydrogen) atoms. The molecule has 11 heteroatoms. The van der Waals surface area contributed by atoms with E-state index >= 15 is 0 Å². The van der Waals surface area contributed by atoms with Crippen LogP contribution in [0.3, 0.4) is 0 Å². The maximum Gasteiger partial charge on any atom is 0.490 e. The number of carbonyl (C=O) groups is 3. The van der Waals surface area contributed by atoms with Crippen molar-refractivity contribution in [2.75, 3.05) is 32.7 Å². The number of benzene rings is 1. The Labute approximate surface area is 252 Å². The number of carbonyl (C=O) groups excluding carboxylic acids is 2. The molecule has 4 fully saturated rings. The molecule has 240 valence electrons. The van der Waals surface area contributed by atoms with E-state index in [4.69, 9.17) is 14.6 Å². The SMILES string of the molecule is CCCCC1N(CC2CCC2)C(=O)OC12CCN(C1CCN(C(=O)c3c(C)cccc3C)CC1)CC2.O=C(O)C(F)(F)F. The van der Waals surface area contributed by atoms with Gasteiger partial charge in [-0.3, -0.25) is 9.69 Å². The number of unbranched alkanes of at least 4 members (excludes halogenated alkanes) is 1. The Morgan fingerprint density at radius 3 is 2.09 bits per heavy atom. The van der Waals surface area contributed by atoms with Gasteiger partial charge in [-0.1, -0.05) is 44.4 Å². The zero-order valence-corrected chi connectivity index (χ0v) is 25.6. The van der Waals surface area contributed by atoms with E-state index in [0.29, 0.717) is 12.0 Å². The molecule has 2 amide bonds. The Balaban J connectivity index is 0.000000541. The van der Waals surface area contributed by atoms with Crippen LogP contribution in [0.5, 0.6) is 0 Å². The third-order valence-corrected chi connectivity index (χ3v) is 9.87. The Morgan fingerprint density at radius 2 is 1.60 bits per heavy atom. The summed E-state index contributed by atoms with van der Waals surface area (Å²) in [6.45, 7) is 10.8. The minimum Gasteiger partial charge on any atom is -0.475 e. The van der Waals surface area contributed by atoms with Crippen LogP contribution >= 0.6 is 0 Å². The first-order valence-electron chi connectivity index (χ1n) is 15.8. The molecule has 1 aromatic carbocycles. The van der Waals surface area contributed by atoms with Crippen LogP contribution in [0.15, 0.2) is 18.2 Å². The molecule has 3 heterocycles. The molecule has 1 atom stereocenters. The lowest BCUT2D eigenvalue weighted by Crippen LogP contribution is -2.56. The van der Waals surface area contributed by atoms with Gasteiger partial charge in [0.25, 0.3) is 5.91 Å². The van der Waals surface area contributed by atoms with E-state index in [0.717, 1.165) is 94.4 Å². The molecule has 1 unspecified atom stereocenters. The zero-order chi connectivity index (χ0) is 31.4. The van der Waals surface area contributed by atoms with E-state index in [1.165, 1.54) is 19.3 Å². The summed E-state index contributed by atoms with van der Waals surface area (Å²) in [4.78, 5) is 41.9. The zero-order valence-electron chi connectivity index (χ0n) is 25.6. The average molecular weight is 610 g/mol. The van der Waals surface area contributed by atoms with Crippen LogP contribution in [0, 0.1) is 19.8 Å². The molecule has 1 spiro atoms. The summed E-state index contributed by atoms with van der Waals surface area (Å²) in [5.41, 5.74) is 2.71. The van der Waals surface area contributed by atoms with Crippen LogP contribution < -0.4 is 0 Å². The maximum atomic E-state index is 13.2. The number of amides is 2. The Kier molecular flexibility index (Phi) is 10.7. The number of hydrogen-bond acceptors (Lipinski definition) is 5. The number of hydrogen-bond donors (Lipinski definition) is 1. The third-order valence-electron chi connectivity index (χ3n) is 9.87. The summed E-state index contributed by atoms with van der Waals surface area (Å²) < 4.78 is 38.0. The molecule has 4 aliphatic rings. The highest BCUT2D eigenvalue weighted by molar-refractivity contribution is 5.97. The van der Waals surface area contributed by atoms with Crippen LogP contribution in [0.4, 0.5) is 18.0 Å². The summed E-state index contributed by atoms with van der Waals surface area (Å²) in [6, 6.07) is 6.85. The van der Waals surface area contributed by atoms with Crippen LogP contribution in [0.1, 0.15) is 92.6 Å². The molecular formula is C32H46F3N3O5. The first kappa shape index (κ1) is 33.1. The highest BCUT2D eigenvalue weighted by Crippen LogP contribution is 2.43. The lowest BCUT2D eigenvalue weighted by Gasteiger charge is -2.46. The van der Waals surface area contributed by atoms with E-state index < -0.39 is 12.1 Å². The van der Waals surface area contributed by atoms with E-state index in [1.54, 1.807) is 0 Å². The second-order valence-electron chi connectivity index (χ2n) is 12.7. The molecular weight excluding hydrogens is 563 g/mol. The molecule has 1 N–H and O–H groups in total. The van der Waals surface area contributed by atoms with Gasteiger partial charge in [0.2, 0.25) is 0 Å². The molecule has 3 aliphatic heterocycles. The average Bonchev–Trinajstić information content (AvgIpc) is 3.18. The van der Waals surface area contributed by atoms with Crippen molar-refractivity contribution in [1.29, 1.82) is 0 Å². The van der Waals surface area contributed by atoms with Gasteiger partial charge < -0.3 is 19.6 Å². The summed E-state index contributed by atoms with van der Waals surface area (Å²) in [7, 11) is 0. The van der Waals surface area contributed by atoms with Crippen molar-refractivity contribution in [3.8, 4) is 0 Å². The lowest BCUT2D eigenvalue weighted by atomic mass is 9.79. The predicted octanol–water partition coefficient (Wildman–Crippen LogP) is 6.19. The number of carboxylic acid groups (broad SMARTS) is 1. The van der Waals surface area contributed by atoms with Gasteiger partial charge in [-0.25, -0.2) is 9.59 Å². The Morgan fingerprint density at radius 1 is 1.02 bits per heavy atom. The van der Waals surface area contributed by atoms with Crippen molar-refractivity contribution in [1.82, 2.24) is 14.7 Å². The topological polar surface area (TPSA) is 90.4 Å². The normalized spacial score (nSPS) is 23.0.